The molecule has 0 aliphatic carbocycles. The van der Waals surface area contributed by atoms with E-state index < -0.39 is 17.5 Å². The Balaban J connectivity index is 2.13. The summed E-state index contributed by atoms with van der Waals surface area (Å²) in [5.74, 6) is -3.00. The van der Waals surface area contributed by atoms with Crippen LogP contribution in [0.4, 0.5) is 13.2 Å². The lowest BCUT2D eigenvalue weighted by molar-refractivity contribution is 0.406. The number of fused-ring (bicyclic) bond motifs is 1. The maximum Gasteiger partial charge on any atom is 0.195 e. The van der Waals surface area contributed by atoms with Gasteiger partial charge in [0, 0.05) is 13.1 Å². The molecule has 1 atom stereocenters. The van der Waals surface area contributed by atoms with Gasteiger partial charge in [-0.15, -0.1) is 10.2 Å². The molecule has 3 rings (SSSR count). The minimum Gasteiger partial charge on any atom is -0.308 e. The number of halogens is 3. The molecule has 0 saturated carbocycles. The highest BCUT2D eigenvalue weighted by Crippen LogP contribution is 2.28. The fraction of sp³-hybridized carbons (Fsp3) is 0.385. The van der Waals surface area contributed by atoms with Crippen molar-refractivity contribution in [3.05, 3.63) is 35.4 Å². The molecule has 1 aromatic heterocycles. The summed E-state index contributed by atoms with van der Waals surface area (Å²) in [6, 6.07) is 2.13. The van der Waals surface area contributed by atoms with Crippen molar-refractivity contribution in [2.45, 2.75) is 25.9 Å². The summed E-state index contributed by atoms with van der Waals surface area (Å²) in [6.07, 6.45) is 0.818. The molecule has 2 aromatic rings. The average molecular weight is 282 g/mol. The number of hydrogen-bond acceptors (Lipinski definition) is 3. The van der Waals surface area contributed by atoms with Gasteiger partial charge in [-0.25, -0.2) is 13.2 Å². The molecule has 0 spiro atoms. The summed E-state index contributed by atoms with van der Waals surface area (Å²) in [7, 11) is 0. The van der Waals surface area contributed by atoms with E-state index in [1.165, 1.54) is 6.07 Å². The molecule has 0 radical (unpaired) electrons. The highest BCUT2D eigenvalue weighted by Gasteiger charge is 2.26. The van der Waals surface area contributed by atoms with Gasteiger partial charge in [-0.1, -0.05) is 6.92 Å². The minimum absolute atomic E-state index is 0.0401. The maximum absolute atomic E-state index is 13.9. The van der Waals surface area contributed by atoms with Crippen molar-refractivity contribution >= 4 is 0 Å². The lowest BCUT2D eigenvalue weighted by atomic mass is 10.1. The molecular weight excluding hydrogens is 269 g/mol. The van der Waals surface area contributed by atoms with E-state index in [1.807, 2.05) is 6.92 Å². The van der Waals surface area contributed by atoms with Gasteiger partial charge in [0.25, 0.3) is 0 Å². The van der Waals surface area contributed by atoms with E-state index in [9.17, 15) is 13.2 Å². The average Bonchev–Trinajstić information content (AvgIpc) is 2.89. The van der Waals surface area contributed by atoms with Crippen molar-refractivity contribution < 1.29 is 13.2 Å². The lowest BCUT2D eigenvalue weighted by Gasteiger charge is -2.24. The molecule has 0 saturated heterocycles. The van der Waals surface area contributed by atoms with E-state index in [0.29, 0.717) is 18.9 Å². The Morgan fingerprint density at radius 3 is 2.80 bits per heavy atom. The smallest absolute Gasteiger partial charge is 0.195 e. The molecule has 7 heteroatoms. The Bertz CT molecular complexity index is 653. The highest BCUT2D eigenvalue weighted by molar-refractivity contribution is 5.56. The number of hydrogen-bond donors (Lipinski definition) is 1. The Kier molecular flexibility index (Phi) is 3.21. The predicted molar refractivity (Wildman–Crippen MR) is 66.4 cm³/mol. The number of benzene rings is 1. The van der Waals surface area contributed by atoms with E-state index in [-0.39, 0.29) is 17.4 Å². The van der Waals surface area contributed by atoms with Crippen LogP contribution in [-0.2, 0) is 6.54 Å². The van der Waals surface area contributed by atoms with Crippen LogP contribution < -0.4 is 5.32 Å². The van der Waals surface area contributed by atoms with Crippen LogP contribution in [0.2, 0.25) is 0 Å². The van der Waals surface area contributed by atoms with Gasteiger partial charge in [0.15, 0.2) is 29.1 Å². The Hall–Kier alpha value is -1.89. The van der Waals surface area contributed by atoms with Crippen molar-refractivity contribution in [3.8, 4) is 11.4 Å². The zero-order chi connectivity index (χ0) is 14.3. The SMILES string of the molecule is CCC1NCCn2c(-c3ccc(F)c(F)c3F)nnc21. The first-order valence-corrected chi connectivity index (χ1v) is 6.43. The van der Waals surface area contributed by atoms with E-state index in [1.54, 1.807) is 4.57 Å². The second-order valence-corrected chi connectivity index (χ2v) is 4.67. The predicted octanol–water partition coefficient (Wildman–Crippen LogP) is 2.42. The van der Waals surface area contributed by atoms with E-state index in [4.69, 9.17) is 0 Å². The molecule has 1 aromatic carbocycles. The van der Waals surface area contributed by atoms with Gasteiger partial charge in [-0.3, -0.25) is 0 Å². The third-order valence-electron chi connectivity index (χ3n) is 3.50. The summed E-state index contributed by atoms with van der Waals surface area (Å²) in [4.78, 5) is 0. The third-order valence-corrected chi connectivity index (χ3v) is 3.50. The van der Waals surface area contributed by atoms with Crippen LogP contribution in [0.25, 0.3) is 11.4 Å². The standard InChI is InChI=1S/C13H13F3N4/c1-2-9-13-19-18-12(20(13)6-5-17-9)7-3-4-8(14)11(16)10(7)15/h3-4,9,17H,2,5-6H2,1H3. The fourth-order valence-corrected chi connectivity index (χ4v) is 2.46. The minimum atomic E-state index is -1.49. The van der Waals surface area contributed by atoms with Crippen LogP contribution in [0, 0.1) is 17.5 Å². The maximum atomic E-state index is 13.9. The number of rotatable bonds is 2. The fourth-order valence-electron chi connectivity index (χ4n) is 2.46. The van der Waals surface area contributed by atoms with Crippen molar-refractivity contribution in [2.75, 3.05) is 6.54 Å². The summed E-state index contributed by atoms with van der Waals surface area (Å²) < 4.78 is 41.9. The molecule has 1 N–H and O–H groups in total. The van der Waals surface area contributed by atoms with Crippen LogP contribution in [-0.4, -0.2) is 21.3 Å². The first-order valence-electron chi connectivity index (χ1n) is 6.43. The topological polar surface area (TPSA) is 42.7 Å². The Morgan fingerprint density at radius 1 is 1.25 bits per heavy atom. The Morgan fingerprint density at radius 2 is 2.05 bits per heavy atom. The van der Waals surface area contributed by atoms with Gasteiger partial charge in [-0.2, -0.15) is 0 Å². The molecule has 106 valence electrons. The summed E-state index contributed by atoms with van der Waals surface area (Å²) in [5.41, 5.74) is -0.0700. The molecule has 0 bridgehead atoms. The van der Waals surface area contributed by atoms with Crippen molar-refractivity contribution in [2.24, 2.45) is 0 Å². The summed E-state index contributed by atoms with van der Waals surface area (Å²) in [6.45, 7) is 3.26. The van der Waals surface area contributed by atoms with Crippen LogP contribution in [0.1, 0.15) is 25.2 Å². The third kappa shape index (κ3) is 1.89. The summed E-state index contributed by atoms with van der Waals surface area (Å²) in [5, 5.41) is 11.3. The number of aromatic nitrogens is 3. The van der Waals surface area contributed by atoms with E-state index >= 15 is 0 Å². The quantitative estimate of drug-likeness (QED) is 0.860. The number of nitrogens with one attached hydrogen (secondary N) is 1. The molecule has 1 aliphatic heterocycles. The summed E-state index contributed by atoms with van der Waals surface area (Å²) >= 11 is 0. The van der Waals surface area contributed by atoms with Crippen LogP contribution in [0.5, 0.6) is 0 Å². The molecule has 1 aliphatic rings. The highest BCUT2D eigenvalue weighted by atomic mass is 19.2. The molecule has 4 nitrogen and oxygen atoms in total. The first-order chi connectivity index (χ1) is 9.63. The van der Waals surface area contributed by atoms with Crippen LogP contribution in [0.3, 0.4) is 0 Å². The van der Waals surface area contributed by atoms with E-state index in [0.717, 1.165) is 12.5 Å². The zero-order valence-electron chi connectivity index (χ0n) is 10.8. The zero-order valence-corrected chi connectivity index (χ0v) is 10.8. The lowest BCUT2D eigenvalue weighted by Crippen LogP contribution is -2.33. The van der Waals surface area contributed by atoms with Gasteiger partial charge >= 0.3 is 0 Å². The first kappa shape index (κ1) is 13.1. The van der Waals surface area contributed by atoms with Crippen LogP contribution >= 0.6 is 0 Å². The van der Waals surface area contributed by atoms with Crippen molar-refractivity contribution in [1.82, 2.24) is 20.1 Å². The van der Waals surface area contributed by atoms with Crippen LogP contribution in [0.15, 0.2) is 12.1 Å². The van der Waals surface area contributed by atoms with Gasteiger partial charge in [0.05, 0.1) is 11.6 Å². The van der Waals surface area contributed by atoms with Crippen molar-refractivity contribution in [1.29, 1.82) is 0 Å². The molecule has 1 unspecified atom stereocenters. The van der Waals surface area contributed by atoms with Crippen molar-refractivity contribution in [3.63, 3.8) is 0 Å². The number of nitrogens with zero attached hydrogens (tertiary/aromatic N) is 3. The molecule has 2 heterocycles. The normalized spacial score (nSPS) is 18.1. The van der Waals surface area contributed by atoms with Gasteiger partial charge in [-0.05, 0) is 18.6 Å². The molecular formula is C13H13F3N4. The molecule has 20 heavy (non-hydrogen) atoms. The van der Waals surface area contributed by atoms with Gasteiger partial charge < -0.3 is 9.88 Å². The monoisotopic (exact) mass is 282 g/mol. The second kappa shape index (κ2) is 4.90. The molecule has 0 amide bonds. The van der Waals surface area contributed by atoms with Gasteiger partial charge in [0.1, 0.15) is 0 Å². The molecule has 0 fully saturated rings. The van der Waals surface area contributed by atoms with E-state index in [2.05, 4.69) is 15.5 Å². The Labute approximate surface area is 113 Å². The largest absolute Gasteiger partial charge is 0.308 e. The second-order valence-electron chi connectivity index (χ2n) is 4.67. The van der Waals surface area contributed by atoms with Gasteiger partial charge in [0.2, 0.25) is 0 Å².